The van der Waals surface area contributed by atoms with Gasteiger partial charge in [-0.1, -0.05) is 71.2 Å². The number of ether oxygens (including phenoxy) is 1. The summed E-state index contributed by atoms with van der Waals surface area (Å²) in [4.78, 5) is 37.0. The minimum atomic E-state index is -1.01. The van der Waals surface area contributed by atoms with Crippen LogP contribution in [0.3, 0.4) is 0 Å². The summed E-state index contributed by atoms with van der Waals surface area (Å²) in [5.41, 5.74) is 2.81. The highest BCUT2D eigenvalue weighted by Gasteiger charge is 2.19. The molecule has 4 aromatic rings. The summed E-state index contributed by atoms with van der Waals surface area (Å²) in [5.74, 6) is -2.32. The highest BCUT2D eigenvalue weighted by atomic mass is 35.5. The van der Waals surface area contributed by atoms with Crippen molar-refractivity contribution in [3.8, 4) is 5.75 Å². The summed E-state index contributed by atoms with van der Waals surface area (Å²) in [6, 6.07) is 18.5. The number of fused-ring (bicyclic) bond motifs is 1. The lowest BCUT2D eigenvalue weighted by Gasteiger charge is -2.07. The molecule has 0 aliphatic carbocycles. The molecule has 0 aliphatic rings. The van der Waals surface area contributed by atoms with Crippen LogP contribution < -0.4 is 15.5 Å². The number of nitrogens with one attached hydrogen (secondary N) is 2. The van der Waals surface area contributed by atoms with Crippen LogP contribution >= 0.6 is 46.1 Å². The van der Waals surface area contributed by atoms with E-state index < -0.39 is 17.8 Å². The third kappa shape index (κ3) is 5.80. The number of benzene rings is 3. The van der Waals surface area contributed by atoms with Crippen molar-refractivity contribution >= 4 is 85.9 Å². The average Bonchev–Trinajstić information content (AvgIpc) is 3.19. The minimum absolute atomic E-state index is 0.113. The molecule has 0 spiro atoms. The fourth-order valence-electron chi connectivity index (χ4n) is 2.95. The molecule has 0 bridgehead atoms. The lowest BCUT2D eigenvalue weighted by Crippen LogP contribution is -2.32. The molecule has 4 rings (SSSR count). The zero-order chi connectivity index (χ0) is 24.9. The molecule has 0 radical (unpaired) electrons. The average molecular weight is 547 g/mol. The van der Waals surface area contributed by atoms with E-state index in [0.29, 0.717) is 15.5 Å². The molecule has 0 saturated carbocycles. The summed E-state index contributed by atoms with van der Waals surface area (Å²) in [5, 5.41) is 7.58. The molecule has 0 atom stereocenters. The number of amides is 2. The Labute approximate surface area is 218 Å². The SMILES string of the molecule is O=C(N/N=C/c1cccc(OC(=O)c2sc3ccccc3c2Cl)c1)C(=O)Nc1cccc(Cl)c1Cl. The van der Waals surface area contributed by atoms with Crippen LogP contribution in [0.4, 0.5) is 5.69 Å². The van der Waals surface area contributed by atoms with Crippen molar-refractivity contribution in [1.82, 2.24) is 5.43 Å². The standard InChI is InChI=1S/C24H14Cl3N3O4S/c25-16-8-4-9-17(20(16)27)29-22(31)23(32)30-28-12-13-5-3-6-14(11-13)34-24(33)21-19(26)15-7-1-2-10-18(15)35-21/h1-12H,(H,29,31)(H,30,32)/b28-12+. The molecular formula is C24H14Cl3N3O4S. The molecule has 176 valence electrons. The van der Waals surface area contributed by atoms with Crippen molar-refractivity contribution in [2.45, 2.75) is 0 Å². The summed E-state index contributed by atoms with van der Waals surface area (Å²) in [6.07, 6.45) is 1.29. The first kappa shape index (κ1) is 24.7. The highest BCUT2D eigenvalue weighted by molar-refractivity contribution is 7.21. The zero-order valence-electron chi connectivity index (χ0n) is 17.6. The van der Waals surface area contributed by atoms with Gasteiger partial charge >= 0.3 is 17.8 Å². The van der Waals surface area contributed by atoms with E-state index >= 15 is 0 Å². The van der Waals surface area contributed by atoms with E-state index in [1.54, 1.807) is 36.4 Å². The van der Waals surface area contributed by atoms with Gasteiger partial charge in [0.1, 0.15) is 10.6 Å². The number of hydrogen-bond acceptors (Lipinski definition) is 6. The lowest BCUT2D eigenvalue weighted by molar-refractivity contribution is -0.136. The Morgan fingerprint density at radius 3 is 2.46 bits per heavy atom. The Morgan fingerprint density at radius 2 is 1.66 bits per heavy atom. The van der Waals surface area contributed by atoms with Crippen molar-refractivity contribution in [1.29, 1.82) is 0 Å². The molecular weight excluding hydrogens is 533 g/mol. The Morgan fingerprint density at radius 1 is 0.886 bits per heavy atom. The van der Waals surface area contributed by atoms with Gasteiger partial charge < -0.3 is 10.1 Å². The lowest BCUT2D eigenvalue weighted by atomic mass is 10.2. The molecule has 7 nitrogen and oxygen atoms in total. The van der Waals surface area contributed by atoms with Crippen LogP contribution in [0.5, 0.6) is 5.75 Å². The van der Waals surface area contributed by atoms with Crippen LogP contribution in [0, 0.1) is 0 Å². The number of esters is 1. The maximum atomic E-state index is 12.6. The molecule has 35 heavy (non-hydrogen) atoms. The monoisotopic (exact) mass is 545 g/mol. The van der Waals surface area contributed by atoms with Gasteiger partial charge in [0, 0.05) is 10.1 Å². The summed E-state index contributed by atoms with van der Waals surface area (Å²) in [7, 11) is 0. The maximum absolute atomic E-state index is 12.6. The number of anilines is 1. The molecule has 1 heterocycles. The van der Waals surface area contributed by atoms with Gasteiger partial charge in [0.2, 0.25) is 0 Å². The van der Waals surface area contributed by atoms with Crippen molar-refractivity contribution in [3.63, 3.8) is 0 Å². The Bertz CT molecular complexity index is 1490. The largest absolute Gasteiger partial charge is 0.422 e. The van der Waals surface area contributed by atoms with Crippen LogP contribution in [0.25, 0.3) is 10.1 Å². The van der Waals surface area contributed by atoms with Crippen molar-refractivity contribution < 1.29 is 19.1 Å². The number of nitrogens with zero attached hydrogens (tertiary/aromatic N) is 1. The summed E-state index contributed by atoms with van der Waals surface area (Å²) >= 11 is 19.5. The molecule has 3 aromatic carbocycles. The predicted octanol–water partition coefficient (Wildman–Crippen LogP) is 6.17. The van der Waals surface area contributed by atoms with Crippen LogP contribution in [0.1, 0.15) is 15.2 Å². The van der Waals surface area contributed by atoms with E-state index in [-0.39, 0.29) is 21.5 Å². The van der Waals surface area contributed by atoms with Gasteiger partial charge in [0.15, 0.2) is 0 Å². The number of thiophene rings is 1. The van der Waals surface area contributed by atoms with Crippen LogP contribution in [-0.4, -0.2) is 24.0 Å². The Balaban J connectivity index is 1.38. The third-order valence-corrected chi connectivity index (χ3v) is 7.05. The zero-order valence-corrected chi connectivity index (χ0v) is 20.6. The van der Waals surface area contributed by atoms with Gasteiger partial charge in [-0.3, -0.25) is 9.59 Å². The van der Waals surface area contributed by atoms with E-state index in [2.05, 4.69) is 15.8 Å². The number of carbonyl (C=O) groups is 3. The third-order valence-electron chi connectivity index (χ3n) is 4.57. The molecule has 0 fully saturated rings. The molecule has 0 aliphatic heterocycles. The first-order valence-electron chi connectivity index (χ1n) is 9.91. The number of rotatable bonds is 5. The molecule has 0 unspecified atom stereocenters. The normalized spacial score (nSPS) is 10.9. The Kier molecular flexibility index (Phi) is 7.67. The van der Waals surface area contributed by atoms with Gasteiger partial charge in [-0.2, -0.15) is 5.10 Å². The first-order valence-corrected chi connectivity index (χ1v) is 11.9. The van der Waals surface area contributed by atoms with Crippen molar-refractivity contribution in [2.24, 2.45) is 5.10 Å². The molecule has 11 heteroatoms. The fraction of sp³-hybridized carbons (Fsp3) is 0. The van der Waals surface area contributed by atoms with Gasteiger partial charge in [-0.05, 0) is 35.9 Å². The predicted molar refractivity (Wildman–Crippen MR) is 139 cm³/mol. The van der Waals surface area contributed by atoms with Crippen molar-refractivity contribution in [3.05, 3.63) is 92.2 Å². The maximum Gasteiger partial charge on any atom is 0.355 e. The topological polar surface area (TPSA) is 96.9 Å². The van der Waals surface area contributed by atoms with Gasteiger partial charge in [-0.15, -0.1) is 11.3 Å². The smallest absolute Gasteiger partial charge is 0.355 e. The molecule has 2 amide bonds. The van der Waals surface area contributed by atoms with E-state index in [1.165, 1.54) is 23.6 Å². The van der Waals surface area contributed by atoms with Crippen LogP contribution in [-0.2, 0) is 9.59 Å². The fourth-order valence-corrected chi connectivity index (χ4v) is 4.69. The molecule has 0 saturated heterocycles. The van der Waals surface area contributed by atoms with E-state index in [9.17, 15) is 14.4 Å². The Hall–Kier alpha value is -3.43. The second-order valence-corrected chi connectivity index (χ2v) is 9.17. The van der Waals surface area contributed by atoms with Crippen LogP contribution in [0.15, 0.2) is 71.8 Å². The number of hydrogen-bond donors (Lipinski definition) is 2. The second kappa shape index (κ2) is 10.9. The first-order chi connectivity index (χ1) is 16.8. The number of carbonyl (C=O) groups excluding carboxylic acids is 3. The molecule has 2 N–H and O–H groups in total. The molecule has 1 aromatic heterocycles. The second-order valence-electron chi connectivity index (χ2n) is 6.96. The van der Waals surface area contributed by atoms with Gasteiger partial charge in [0.05, 0.1) is 27.0 Å². The van der Waals surface area contributed by atoms with Gasteiger partial charge in [0.25, 0.3) is 0 Å². The highest BCUT2D eigenvalue weighted by Crippen LogP contribution is 2.35. The minimum Gasteiger partial charge on any atom is -0.422 e. The summed E-state index contributed by atoms with van der Waals surface area (Å²) < 4.78 is 6.33. The number of hydrazone groups is 1. The van der Waals surface area contributed by atoms with E-state index in [0.717, 1.165) is 10.1 Å². The van der Waals surface area contributed by atoms with E-state index in [1.807, 2.05) is 24.3 Å². The van der Waals surface area contributed by atoms with Crippen molar-refractivity contribution in [2.75, 3.05) is 5.32 Å². The van der Waals surface area contributed by atoms with E-state index in [4.69, 9.17) is 39.5 Å². The quantitative estimate of drug-likeness (QED) is 0.103. The van der Waals surface area contributed by atoms with Crippen LogP contribution in [0.2, 0.25) is 15.1 Å². The summed E-state index contributed by atoms with van der Waals surface area (Å²) in [6.45, 7) is 0. The number of halogens is 3. The van der Waals surface area contributed by atoms with Gasteiger partial charge in [-0.25, -0.2) is 10.2 Å².